The zero-order valence-electron chi connectivity index (χ0n) is 19.6. The predicted molar refractivity (Wildman–Crippen MR) is 120 cm³/mol. The molecule has 2 aliphatic rings. The minimum atomic E-state index is 0.455. The van der Waals surface area contributed by atoms with Gasteiger partial charge in [0.25, 0.3) is 5.89 Å². The minimum Gasteiger partial charge on any atom is -0.419 e. The first-order valence-corrected chi connectivity index (χ1v) is 11.7. The second kappa shape index (κ2) is 9.65. The van der Waals surface area contributed by atoms with E-state index in [0.717, 1.165) is 31.2 Å². The van der Waals surface area contributed by atoms with E-state index in [-0.39, 0.29) is 0 Å². The Morgan fingerprint density at radius 2 is 2.13 bits per heavy atom. The van der Waals surface area contributed by atoms with Crippen molar-refractivity contribution in [3.8, 4) is 11.6 Å². The summed E-state index contributed by atoms with van der Waals surface area (Å²) in [5.41, 5.74) is 2.32. The lowest BCUT2D eigenvalue weighted by Gasteiger charge is -2.39. The number of hydrogen-bond acceptors (Lipinski definition) is 6. The van der Waals surface area contributed by atoms with Gasteiger partial charge in [0.05, 0.1) is 19.1 Å². The van der Waals surface area contributed by atoms with Crippen molar-refractivity contribution < 1.29 is 9.15 Å². The van der Waals surface area contributed by atoms with Gasteiger partial charge >= 0.3 is 0 Å². The normalized spacial score (nSPS) is 27.2. The van der Waals surface area contributed by atoms with E-state index in [4.69, 9.17) is 9.15 Å². The van der Waals surface area contributed by atoms with Crippen molar-refractivity contribution in [2.75, 3.05) is 26.8 Å². The van der Waals surface area contributed by atoms with E-state index in [2.05, 4.69) is 46.9 Å². The van der Waals surface area contributed by atoms with E-state index in [9.17, 15) is 0 Å². The minimum absolute atomic E-state index is 0.455. The monoisotopic (exact) mass is 427 g/mol. The standard InChI is InChI=1S/C24H37N5O2/c1-16(2)21-10-18(11-23-26-27-24(31-23)22-12-25-15-28(22)4)17(3)9-19(21)13-29-8-6-7-20(29)14-30-5/h9,12,15-16,18-21H,6-8,10-11,13-14H2,1-5H3. The Labute approximate surface area is 185 Å². The van der Waals surface area contributed by atoms with Crippen molar-refractivity contribution in [2.24, 2.45) is 30.7 Å². The van der Waals surface area contributed by atoms with E-state index in [1.165, 1.54) is 31.4 Å². The third-order valence-electron chi connectivity index (χ3n) is 7.31. The smallest absolute Gasteiger partial charge is 0.265 e. The number of hydrogen-bond donors (Lipinski definition) is 0. The van der Waals surface area contributed by atoms with Crippen molar-refractivity contribution in [3.05, 3.63) is 30.1 Å². The summed E-state index contributed by atoms with van der Waals surface area (Å²) in [7, 11) is 3.76. The van der Waals surface area contributed by atoms with Crippen molar-refractivity contribution in [1.29, 1.82) is 0 Å². The number of allylic oxidation sites excluding steroid dienone is 1. The highest BCUT2D eigenvalue weighted by molar-refractivity contribution is 5.44. The number of likely N-dealkylation sites (tertiary alicyclic amines) is 1. The zero-order valence-corrected chi connectivity index (χ0v) is 19.6. The number of aromatic nitrogens is 4. The van der Waals surface area contributed by atoms with Gasteiger partial charge in [0.2, 0.25) is 5.89 Å². The first-order chi connectivity index (χ1) is 15.0. The highest BCUT2D eigenvalue weighted by Gasteiger charge is 2.35. The first-order valence-electron chi connectivity index (χ1n) is 11.7. The molecule has 1 aliphatic carbocycles. The van der Waals surface area contributed by atoms with Crippen molar-refractivity contribution in [2.45, 2.75) is 52.5 Å². The molecule has 7 nitrogen and oxygen atoms in total. The van der Waals surface area contributed by atoms with Crippen molar-refractivity contribution >= 4 is 0 Å². The topological polar surface area (TPSA) is 69.2 Å². The molecule has 4 unspecified atom stereocenters. The van der Waals surface area contributed by atoms with Gasteiger partial charge in [0.15, 0.2) is 0 Å². The summed E-state index contributed by atoms with van der Waals surface area (Å²) in [5.74, 6) is 3.63. The number of methoxy groups -OCH3 is 1. The molecule has 0 aromatic carbocycles. The molecule has 0 spiro atoms. The Morgan fingerprint density at radius 1 is 1.29 bits per heavy atom. The van der Waals surface area contributed by atoms with E-state index in [0.29, 0.717) is 35.6 Å². The number of imidazole rings is 1. The van der Waals surface area contributed by atoms with Gasteiger partial charge in [0.1, 0.15) is 5.69 Å². The van der Waals surface area contributed by atoms with E-state index >= 15 is 0 Å². The zero-order chi connectivity index (χ0) is 22.0. The maximum absolute atomic E-state index is 6.00. The average Bonchev–Trinajstić information content (AvgIpc) is 3.46. The molecule has 0 radical (unpaired) electrons. The Hall–Kier alpha value is -1.99. The Kier molecular flexibility index (Phi) is 6.92. The van der Waals surface area contributed by atoms with Crippen LogP contribution in [0.15, 0.2) is 28.6 Å². The summed E-state index contributed by atoms with van der Waals surface area (Å²) in [6.45, 7) is 10.2. The maximum Gasteiger partial charge on any atom is 0.265 e. The lowest BCUT2D eigenvalue weighted by Crippen LogP contribution is -2.41. The third-order valence-corrected chi connectivity index (χ3v) is 7.31. The molecule has 7 heteroatoms. The molecule has 4 rings (SSSR count). The Balaban J connectivity index is 1.46. The lowest BCUT2D eigenvalue weighted by molar-refractivity contribution is 0.0928. The molecular formula is C24H37N5O2. The summed E-state index contributed by atoms with van der Waals surface area (Å²) in [4.78, 5) is 6.80. The number of rotatable bonds is 8. The van der Waals surface area contributed by atoms with E-state index in [1.54, 1.807) is 12.5 Å². The summed E-state index contributed by atoms with van der Waals surface area (Å²) in [6.07, 6.45) is 10.6. The van der Waals surface area contributed by atoms with Gasteiger partial charge in [-0.05, 0) is 56.4 Å². The van der Waals surface area contributed by atoms with Crippen LogP contribution in [0.2, 0.25) is 0 Å². The fraction of sp³-hybridized carbons (Fsp3) is 0.708. The van der Waals surface area contributed by atoms with E-state index in [1.807, 2.05) is 18.7 Å². The lowest BCUT2D eigenvalue weighted by atomic mass is 9.69. The van der Waals surface area contributed by atoms with Crippen LogP contribution in [0.25, 0.3) is 11.6 Å². The molecular weight excluding hydrogens is 390 g/mol. The molecule has 1 saturated heterocycles. The van der Waals surface area contributed by atoms with E-state index < -0.39 is 0 Å². The van der Waals surface area contributed by atoms with Crippen molar-refractivity contribution in [3.63, 3.8) is 0 Å². The van der Waals surface area contributed by atoms with Gasteiger partial charge in [-0.15, -0.1) is 10.2 Å². The molecule has 0 amide bonds. The molecule has 31 heavy (non-hydrogen) atoms. The third kappa shape index (κ3) is 4.93. The van der Waals surface area contributed by atoms with Crippen LogP contribution < -0.4 is 0 Å². The molecule has 0 N–H and O–H groups in total. The molecule has 3 heterocycles. The number of ether oxygens (including phenoxy) is 1. The molecule has 0 saturated carbocycles. The van der Waals surface area contributed by atoms with Crippen LogP contribution in [0.5, 0.6) is 0 Å². The van der Waals surface area contributed by atoms with Gasteiger partial charge in [-0.2, -0.15) is 0 Å². The first kappa shape index (κ1) is 22.2. The largest absolute Gasteiger partial charge is 0.419 e. The van der Waals surface area contributed by atoms with Crippen LogP contribution in [0.1, 0.15) is 45.9 Å². The second-order valence-electron chi connectivity index (χ2n) is 9.76. The summed E-state index contributed by atoms with van der Waals surface area (Å²) >= 11 is 0. The summed E-state index contributed by atoms with van der Waals surface area (Å²) in [6, 6.07) is 0.577. The van der Waals surface area contributed by atoms with Crippen molar-refractivity contribution in [1.82, 2.24) is 24.6 Å². The van der Waals surface area contributed by atoms with Crippen LogP contribution in [0.3, 0.4) is 0 Å². The van der Waals surface area contributed by atoms with Crippen LogP contribution in [0.4, 0.5) is 0 Å². The number of nitrogens with zero attached hydrogens (tertiary/aromatic N) is 5. The highest BCUT2D eigenvalue weighted by atomic mass is 16.5. The fourth-order valence-electron chi connectivity index (χ4n) is 5.49. The van der Waals surface area contributed by atoms with Gasteiger partial charge in [-0.25, -0.2) is 4.98 Å². The van der Waals surface area contributed by atoms with Crippen LogP contribution >= 0.6 is 0 Å². The van der Waals surface area contributed by atoms with Gasteiger partial charge in [-0.1, -0.05) is 25.5 Å². The Bertz CT molecular complexity index is 886. The fourth-order valence-corrected chi connectivity index (χ4v) is 5.49. The Morgan fingerprint density at radius 3 is 2.84 bits per heavy atom. The molecule has 1 aliphatic heterocycles. The summed E-state index contributed by atoms with van der Waals surface area (Å²) in [5, 5.41) is 8.60. The SMILES string of the molecule is COCC1CCCN1CC1C=C(C)C(Cc2nnc(-c3cncn3C)o2)CC1C(C)C. The number of aryl methyl sites for hydroxylation is 1. The quantitative estimate of drug-likeness (QED) is 0.594. The average molecular weight is 428 g/mol. The van der Waals surface area contributed by atoms with Gasteiger partial charge < -0.3 is 13.7 Å². The van der Waals surface area contributed by atoms with Crippen LogP contribution in [-0.4, -0.2) is 57.5 Å². The van der Waals surface area contributed by atoms with Crippen LogP contribution in [-0.2, 0) is 18.2 Å². The maximum atomic E-state index is 6.00. The predicted octanol–water partition coefficient (Wildman–Crippen LogP) is 3.98. The van der Waals surface area contributed by atoms with Crippen LogP contribution in [0, 0.1) is 23.7 Å². The highest BCUT2D eigenvalue weighted by Crippen LogP contribution is 2.40. The molecule has 0 bridgehead atoms. The summed E-state index contributed by atoms with van der Waals surface area (Å²) < 4.78 is 13.4. The second-order valence-corrected chi connectivity index (χ2v) is 9.76. The van der Waals surface area contributed by atoms with Gasteiger partial charge in [-0.3, -0.25) is 4.90 Å². The molecule has 2 aromatic rings. The molecule has 170 valence electrons. The molecule has 2 aromatic heterocycles. The molecule has 1 fully saturated rings. The molecule has 4 atom stereocenters. The van der Waals surface area contributed by atoms with Gasteiger partial charge in [0, 0.05) is 33.2 Å².